The average Bonchev–Trinajstić information content (AvgIpc) is 2.56. The van der Waals surface area contributed by atoms with Crippen molar-refractivity contribution in [2.75, 3.05) is 0 Å². The SMILES string of the molecule is ClC1C=C(Cc2nccs2)CCCC1. The van der Waals surface area contributed by atoms with E-state index in [1.165, 1.54) is 29.8 Å². The van der Waals surface area contributed by atoms with Gasteiger partial charge in [0.15, 0.2) is 0 Å². The number of halogens is 1. The van der Waals surface area contributed by atoms with Crippen molar-refractivity contribution in [2.24, 2.45) is 0 Å². The largest absolute Gasteiger partial charge is 0.249 e. The molecular formula is C11H14ClNS. The number of aromatic nitrogens is 1. The molecule has 0 saturated heterocycles. The Labute approximate surface area is 93.8 Å². The minimum absolute atomic E-state index is 0.243. The van der Waals surface area contributed by atoms with E-state index < -0.39 is 0 Å². The Balaban J connectivity index is 2.02. The van der Waals surface area contributed by atoms with E-state index in [1.54, 1.807) is 11.3 Å². The Morgan fingerprint density at radius 3 is 3.21 bits per heavy atom. The smallest absolute Gasteiger partial charge is 0.0965 e. The molecule has 0 N–H and O–H groups in total. The fraction of sp³-hybridized carbons (Fsp3) is 0.545. The minimum Gasteiger partial charge on any atom is -0.249 e. The standard InChI is InChI=1S/C11H14ClNS/c12-10-4-2-1-3-9(7-10)8-11-13-5-6-14-11/h5-7,10H,1-4,8H2. The first-order valence-corrected chi connectivity index (χ1v) is 6.38. The number of thiazole rings is 1. The van der Waals surface area contributed by atoms with E-state index in [9.17, 15) is 0 Å². The van der Waals surface area contributed by atoms with Crippen LogP contribution < -0.4 is 0 Å². The fourth-order valence-electron chi connectivity index (χ4n) is 1.80. The maximum absolute atomic E-state index is 6.16. The van der Waals surface area contributed by atoms with Crippen LogP contribution in [0.3, 0.4) is 0 Å². The van der Waals surface area contributed by atoms with Crippen LogP contribution in [-0.2, 0) is 6.42 Å². The second-order valence-electron chi connectivity index (χ2n) is 3.69. The zero-order valence-electron chi connectivity index (χ0n) is 8.08. The molecule has 0 radical (unpaired) electrons. The minimum atomic E-state index is 0.243. The van der Waals surface area contributed by atoms with E-state index in [2.05, 4.69) is 11.1 Å². The molecule has 1 aliphatic rings. The van der Waals surface area contributed by atoms with Gasteiger partial charge in [0, 0.05) is 18.0 Å². The van der Waals surface area contributed by atoms with Crippen LogP contribution in [0.2, 0.25) is 0 Å². The predicted octanol–water partition coefficient (Wildman–Crippen LogP) is 3.79. The Bertz CT molecular complexity index is 305. The third kappa shape index (κ3) is 2.82. The second kappa shape index (κ2) is 4.94. The summed E-state index contributed by atoms with van der Waals surface area (Å²) in [7, 11) is 0. The monoisotopic (exact) mass is 227 g/mol. The summed E-state index contributed by atoms with van der Waals surface area (Å²) < 4.78 is 0. The van der Waals surface area contributed by atoms with Crippen molar-refractivity contribution in [2.45, 2.75) is 37.5 Å². The molecule has 0 aromatic carbocycles. The Morgan fingerprint density at radius 1 is 1.50 bits per heavy atom. The summed E-state index contributed by atoms with van der Waals surface area (Å²) in [6.45, 7) is 0. The van der Waals surface area contributed by atoms with Crippen molar-refractivity contribution in [3.63, 3.8) is 0 Å². The third-order valence-electron chi connectivity index (χ3n) is 2.51. The quantitative estimate of drug-likeness (QED) is 0.553. The third-order valence-corrected chi connectivity index (χ3v) is 3.63. The molecule has 2 rings (SSSR count). The molecule has 1 unspecified atom stereocenters. The molecule has 0 spiro atoms. The summed E-state index contributed by atoms with van der Waals surface area (Å²) in [4.78, 5) is 4.30. The molecule has 1 heterocycles. The topological polar surface area (TPSA) is 12.9 Å². The van der Waals surface area contributed by atoms with Crippen LogP contribution in [0, 0.1) is 0 Å². The molecule has 76 valence electrons. The van der Waals surface area contributed by atoms with E-state index in [0.717, 1.165) is 12.8 Å². The van der Waals surface area contributed by atoms with Crippen molar-refractivity contribution < 1.29 is 0 Å². The van der Waals surface area contributed by atoms with Crippen LogP contribution in [0.5, 0.6) is 0 Å². The molecule has 1 aromatic rings. The van der Waals surface area contributed by atoms with Gasteiger partial charge in [0.25, 0.3) is 0 Å². The van der Waals surface area contributed by atoms with Gasteiger partial charge in [-0.25, -0.2) is 4.98 Å². The normalized spacial score (nSPS) is 22.9. The zero-order chi connectivity index (χ0) is 9.80. The van der Waals surface area contributed by atoms with Crippen LogP contribution in [0.1, 0.15) is 30.7 Å². The summed E-state index contributed by atoms with van der Waals surface area (Å²) in [6, 6.07) is 0. The van der Waals surface area contributed by atoms with Crippen molar-refractivity contribution in [3.05, 3.63) is 28.2 Å². The molecule has 14 heavy (non-hydrogen) atoms. The van der Waals surface area contributed by atoms with Gasteiger partial charge in [-0.05, 0) is 19.3 Å². The molecule has 1 aromatic heterocycles. The lowest BCUT2D eigenvalue weighted by molar-refractivity contribution is 0.709. The summed E-state index contributed by atoms with van der Waals surface area (Å²) in [5, 5.41) is 3.49. The van der Waals surface area contributed by atoms with Crippen molar-refractivity contribution in [3.8, 4) is 0 Å². The molecular weight excluding hydrogens is 214 g/mol. The first-order valence-electron chi connectivity index (χ1n) is 5.06. The first-order chi connectivity index (χ1) is 6.84. The lowest BCUT2D eigenvalue weighted by Gasteiger charge is -2.02. The van der Waals surface area contributed by atoms with Crippen molar-refractivity contribution in [1.29, 1.82) is 0 Å². The molecule has 1 aliphatic carbocycles. The number of alkyl halides is 1. The molecule has 0 saturated carbocycles. The van der Waals surface area contributed by atoms with Crippen LogP contribution in [-0.4, -0.2) is 10.4 Å². The van der Waals surface area contributed by atoms with E-state index in [4.69, 9.17) is 11.6 Å². The van der Waals surface area contributed by atoms with Gasteiger partial charge in [-0.3, -0.25) is 0 Å². The summed E-state index contributed by atoms with van der Waals surface area (Å²) in [5.41, 5.74) is 1.47. The van der Waals surface area contributed by atoms with Gasteiger partial charge in [-0.1, -0.05) is 18.1 Å². The highest BCUT2D eigenvalue weighted by Crippen LogP contribution is 2.24. The number of nitrogens with zero attached hydrogens (tertiary/aromatic N) is 1. The van der Waals surface area contributed by atoms with Gasteiger partial charge in [-0.2, -0.15) is 0 Å². The summed E-state index contributed by atoms with van der Waals surface area (Å²) in [6.07, 6.45) is 9.96. The zero-order valence-corrected chi connectivity index (χ0v) is 9.65. The molecule has 0 aliphatic heterocycles. The second-order valence-corrected chi connectivity index (χ2v) is 5.23. The van der Waals surface area contributed by atoms with E-state index >= 15 is 0 Å². The Hall–Kier alpha value is -0.340. The molecule has 1 nitrogen and oxygen atoms in total. The van der Waals surface area contributed by atoms with Crippen LogP contribution in [0.4, 0.5) is 0 Å². The van der Waals surface area contributed by atoms with Crippen molar-refractivity contribution >= 4 is 22.9 Å². The van der Waals surface area contributed by atoms with Crippen molar-refractivity contribution in [1.82, 2.24) is 4.98 Å². The van der Waals surface area contributed by atoms with E-state index in [-0.39, 0.29) is 5.38 Å². The van der Waals surface area contributed by atoms with Crippen LogP contribution >= 0.6 is 22.9 Å². The van der Waals surface area contributed by atoms with Crippen LogP contribution in [0.15, 0.2) is 23.2 Å². The van der Waals surface area contributed by atoms with Gasteiger partial charge in [0.1, 0.15) is 0 Å². The van der Waals surface area contributed by atoms with E-state index in [0.29, 0.717) is 0 Å². The molecule has 0 bridgehead atoms. The lowest BCUT2D eigenvalue weighted by atomic mass is 10.1. The number of rotatable bonds is 2. The molecule has 3 heteroatoms. The Kier molecular flexibility index (Phi) is 3.60. The molecule has 0 fully saturated rings. The highest BCUT2D eigenvalue weighted by molar-refractivity contribution is 7.09. The first kappa shape index (κ1) is 10.2. The number of hydrogen-bond donors (Lipinski definition) is 0. The highest BCUT2D eigenvalue weighted by atomic mass is 35.5. The van der Waals surface area contributed by atoms with Gasteiger partial charge in [0.05, 0.1) is 10.4 Å². The maximum atomic E-state index is 6.16. The summed E-state index contributed by atoms with van der Waals surface area (Å²) in [5.74, 6) is 0. The van der Waals surface area contributed by atoms with E-state index in [1.807, 2.05) is 11.6 Å². The van der Waals surface area contributed by atoms with Gasteiger partial charge < -0.3 is 0 Å². The van der Waals surface area contributed by atoms with Gasteiger partial charge >= 0.3 is 0 Å². The Morgan fingerprint density at radius 2 is 2.43 bits per heavy atom. The lowest BCUT2D eigenvalue weighted by Crippen LogP contribution is -1.93. The maximum Gasteiger partial charge on any atom is 0.0965 e. The fourth-order valence-corrected chi connectivity index (χ4v) is 2.80. The highest BCUT2D eigenvalue weighted by Gasteiger charge is 2.10. The molecule has 0 amide bonds. The molecule has 1 atom stereocenters. The van der Waals surface area contributed by atoms with Gasteiger partial charge in [-0.15, -0.1) is 22.9 Å². The number of hydrogen-bond acceptors (Lipinski definition) is 2. The predicted molar refractivity (Wildman–Crippen MR) is 62.0 cm³/mol. The van der Waals surface area contributed by atoms with Gasteiger partial charge in [0.2, 0.25) is 0 Å². The van der Waals surface area contributed by atoms with Crippen LogP contribution in [0.25, 0.3) is 0 Å². The number of allylic oxidation sites excluding steroid dienone is 2. The summed E-state index contributed by atoms with van der Waals surface area (Å²) >= 11 is 7.89. The average molecular weight is 228 g/mol.